The summed E-state index contributed by atoms with van der Waals surface area (Å²) >= 11 is 0. The summed E-state index contributed by atoms with van der Waals surface area (Å²) in [5, 5.41) is 0. The SMILES string of the molecule is COc1cccc2c1CCN(CC(=O)N1CCC(C(=O)N3CCCC3)CC1)C2. The van der Waals surface area contributed by atoms with Crippen LogP contribution in [0.15, 0.2) is 18.2 Å². The molecule has 3 heterocycles. The molecule has 0 saturated carbocycles. The van der Waals surface area contributed by atoms with Gasteiger partial charge >= 0.3 is 0 Å². The number of hydrogen-bond acceptors (Lipinski definition) is 4. The molecule has 0 bridgehead atoms. The molecule has 3 aliphatic heterocycles. The fraction of sp³-hybridized carbons (Fsp3) is 0.636. The third-order valence-electron chi connectivity index (χ3n) is 6.50. The van der Waals surface area contributed by atoms with Crippen LogP contribution in [0.4, 0.5) is 0 Å². The number of piperidine rings is 1. The summed E-state index contributed by atoms with van der Waals surface area (Å²) in [6, 6.07) is 6.16. The Morgan fingerprint density at radius 1 is 1.04 bits per heavy atom. The lowest BCUT2D eigenvalue weighted by Crippen LogP contribution is -2.47. The Bertz CT molecular complexity index is 722. The summed E-state index contributed by atoms with van der Waals surface area (Å²) in [6.45, 7) is 5.38. The van der Waals surface area contributed by atoms with E-state index < -0.39 is 0 Å². The molecular formula is C22H31N3O3. The molecule has 2 amide bonds. The minimum absolute atomic E-state index is 0.108. The van der Waals surface area contributed by atoms with Gasteiger partial charge in [0.2, 0.25) is 11.8 Å². The van der Waals surface area contributed by atoms with E-state index in [4.69, 9.17) is 4.74 Å². The first-order chi connectivity index (χ1) is 13.7. The lowest BCUT2D eigenvalue weighted by Gasteiger charge is -2.35. The summed E-state index contributed by atoms with van der Waals surface area (Å²) in [5.41, 5.74) is 2.53. The zero-order chi connectivity index (χ0) is 19.5. The van der Waals surface area contributed by atoms with Crippen molar-refractivity contribution in [1.29, 1.82) is 0 Å². The van der Waals surface area contributed by atoms with E-state index in [9.17, 15) is 9.59 Å². The normalized spacial score (nSPS) is 20.9. The fourth-order valence-corrected chi connectivity index (χ4v) is 4.82. The van der Waals surface area contributed by atoms with Gasteiger partial charge in [0.1, 0.15) is 5.75 Å². The Labute approximate surface area is 167 Å². The number of benzene rings is 1. The highest BCUT2D eigenvalue weighted by atomic mass is 16.5. The van der Waals surface area contributed by atoms with E-state index in [-0.39, 0.29) is 11.8 Å². The van der Waals surface area contributed by atoms with Crippen molar-refractivity contribution < 1.29 is 14.3 Å². The predicted octanol–water partition coefficient (Wildman–Crippen LogP) is 1.91. The molecule has 0 unspecified atom stereocenters. The van der Waals surface area contributed by atoms with E-state index in [1.54, 1.807) is 7.11 Å². The Morgan fingerprint density at radius 3 is 2.50 bits per heavy atom. The van der Waals surface area contributed by atoms with Crippen LogP contribution in [0.5, 0.6) is 5.75 Å². The van der Waals surface area contributed by atoms with Gasteiger partial charge in [-0.25, -0.2) is 0 Å². The van der Waals surface area contributed by atoms with Crippen LogP contribution in [0.3, 0.4) is 0 Å². The molecule has 3 aliphatic rings. The summed E-state index contributed by atoms with van der Waals surface area (Å²) < 4.78 is 5.47. The number of rotatable bonds is 4. The topological polar surface area (TPSA) is 53.1 Å². The van der Waals surface area contributed by atoms with Gasteiger partial charge in [0.05, 0.1) is 13.7 Å². The number of amides is 2. The standard InChI is InChI=1S/C22H31N3O3/c1-28-20-6-4-5-18-15-23(12-9-19(18)20)16-21(26)24-13-7-17(8-14-24)22(27)25-10-2-3-11-25/h4-6,17H,2-3,7-16H2,1H3. The molecule has 4 rings (SSSR count). The maximum Gasteiger partial charge on any atom is 0.236 e. The lowest BCUT2D eigenvalue weighted by molar-refractivity contribution is -0.140. The van der Waals surface area contributed by atoms with Crippen LogP contribution in [0.2, 0.25) is 0 Å². The summed E-state index contributed by atoms with van der Waals surface area (Å²) in [6.07, 6.45) is 4.79. The number of likely N-dealkylation sites (tertiary alicyclic amines) is 2. The van der Waals surface area contributed by atoms with E-state index in [2.05, 4.69) is 11.0 Å². The average Bonchev–Trinajstić information content (AvgIpc) is 3.27. The zero-order valence-electron chi connectivity index (χ0n) is 16.9. The maximum atomic E-state index is 12.8. The van der Waals surface area contributed by atoms with Crippen LogP contribution in [0.25, 0.3) is 0 Å². The van der Waals surface area contributed by atoms with Gasteiger partial charge in [-0.3, -0.25) is 14.5 Å². The highest BCUT2D eigenvalue weighted by Gasteiger charge is 2.32. The van der Waals surface area contributed by atoms with E-state index in [0.29, 0.717) is 25.5 Å². The fourth-order valence-electron chi connectivity index (χ4n) is 4.82. The second-order valence-electron chi connectivity index (χ2n) is 8.25. The molecule has 28 heavy (non-hydrogen) atoms. The monoisotopic (exact) mass is 385 g/mol. The van der Waals surface area contributed by atoms with E-state index in [0.717, 1.165) is 64.0 Å². The molecular weight excluding hydrogens is 354 g/mol. The van der Waals surface area contributed by atoms with Crippen molar-refractivity contribution in [3.05, 3.63) is 29.3 Å². The first kappa shape index (κ1) is 19.2. The smallest absolute Gasteiger partial charge is 0.236 e. The summed E-state index contributed by atoms with van der Waals surface area (Å²) in [7, 11) is 1.71. The summed E-state index contributed by atoms with van der Waals surface area (Å²) in [5.74, 6) is 1.56. The van der Waals surface area contributed by atoms with Gasteiger partial charge in [0.15, 0.2) is 0 Å². The van der Waals surface area contributed by atoms with Crippen molar-refractivity contribution >= 4 is 11.8 Å². The number of carbonyl (C=O) groups excluding carboxylic acids is 2. The average molecular weight is 386 g/mol. The first-order valence-electron chi connectivity index (χ1n) is 10.6. The molecule has 0 atom stereocenters. The minimum Gasteiger partial charge on any atom is -0.496 e. The number of hydrogen-bond donors (Lipinski definition) is 0. The molecule has 0 aromatic heterocycles. The molecule has 6 nitrogen and oxygen atoms in total. The van der Waals surface area contributed by atoms with Crippen molar-refractivity contribution in [2.24, 2.45) is 5.92 Å². The van der Waals surface area contributed by atoms with Crippen molar-refractivity contribution in [3.8, 4) is 5.75 Å². The number of nitrogens with zero attached hydrogens (tertiary/aromatic N) is 3. The van der Waals surface area contributed by atoms with E-state index in [1.807, 2.05) is 21.9 Å². The number of methoxy groups -OCH3 is 1. The second-order valence-corrected chi connectivity index (χ2v) is 8.25. The highest BCUT2D eigenvalue weighted by Crippen LogP contribution is 2.28. The molecule has 1 aromatic carbocycles. The molecule has 0 aliphatic carbocycles. The van der Waals surface area contributed by atoms with Gasteiger partial charge in [-0.1, -0.05) is 12.1 Å². The third-order valence-corrected chi connectivity index (χ3v) is 6.50. The van der Waals surface area contributed by atoms with Crippen molar-refractivity contribution in [2.75, 3.05) is 46.4 Å². The first-order valence-corrected chi connectivity index (χ1v) is 10.6. The van der Waals surface area contributed by atoms with Gasteiger partial charge in [-0.15, -0.1) is 0 Å². The Morgan fingerprint density at radius 2 is 1.79 bits per heavy atom. The number of fused-ring (bicyclic) bond motifs is 1. The van der Waals surface area contributed by atoms with Crippen molar-refractivity contribution in [3.63, 3.8) is 0 Å². The molecule has 1 aromatic rings. The van der Waals surface area contributed by atoms with Crippen molar-refractivity contribution in [2.45, 2.75) is 38.6 Å². The lowest BCUT2D eigenvalue weighted by atomic mass is 9.95. The van der Waals surface area contributed by atoms with Gasteiger partial charge in [0, 0.05) is 45.2 Å². The molecule has 152 valence electrons. The molecule has 0 N–H and O–H groups in total. The van der Waals surface area contributed by atoms with Crippen LogP contribution in [0.1, 0.15) is 36.8 Å². The van der Waals surface area contributed by atoms with E-state index >= 15 is 0 Å². The maximum absolute atomic E-state index is 12.8. The van der Waals surface area contributed by atoms with Gasteiger partial charge in [-0.2, -0.15) is 0 Å². The quantitative estimate of drug-likeness (QED) is 0.795. The van der Waals surface area contributed by atoms with Crippen LogP contribution in [-0.2, 0) is 22.6 Å². The Balaban J connectivity index is 1.27. The minimum atomic E-state index is 0.108. The Hall–Kier alpha value is -2.08. The number of carbonyl (C=O) groups is 2. The van der Waals surface area contributed by atoms with Gasteiger partial charge in [0.25, 0.3) is 0 Å². The van der Waals surface area contributed by atoms with Crippen LogP contribution < -0.4 is 4.74 Å². The van der Waals surface area contributed by atoms with Crippen LogP contribution in [0, 0.1) is 5.92 Å². The van der Waals surface area contributed by atoms with Gasteiger partial charge < -0.3 is 14.5 Å². The Kier molecular flexibility index (Phi) is 5.85. The molecule has 2 fully saturated rings. The largest absolute Gasteiger partial charge is 0.496 e. The summed E-state index contributed by atoms with van der Waals surface area (Å²) in [4.78, 5) is 31.6. The van der Waals surface area contributed by atoms with Crippen LogP contribution >= 0.6 is 0 Å². The molecule has 6 heteroatoms. The third kappa shape index (κ3) is 4.02. The van der Waals surface area contributed by atoms with E-state index in [1.165, 1.54) is 11.1 Å². The zero-order valence-corrected chi connectivity index (χ0v) is 16.9. The highest BCUT2D eigenvalue weighted by molar-refractivity contribution is 5.81. The van der Waals surface area contributed by atoms with Gasteiger partial charge in [-0.05, 0) is 49.3 Å². The second kappa shape index (κ2) is 8.52. The van der Waals surface area contributed by atoms with Crippen LogP contribution in [-0.4, -0.2) is 72.9 Å². The van der Waals surface area contributed by atoms with Crippen molar-refractivity contribution in [1.82, 2.24) is 14.7 Å². The molecule has 0 radical (unpaired) electrons. The molecule has 2 saturated heterocycles. The number of ether oxygens (including phenoxy) is 1. The molecule has 0 spiro atoms. The predicted molar refractivity (Wildman–Crippen MR) is 107 cm³/mol.